The highest BCUT2D eigenvalue weighted by Crippen LogP contribution is 2.39. The van der Waals surface area contributed by atoms with Crippen molar-refractivity contribution in [3.8, 4) is 11.1 Å². The predicted molar refractivity (Wildman–Crippen MR) is 88.3 cm³/mol. The van der Waals surface area contributed by atoms with Crippen molar-refractivity contribution in [3.63, 3.8) is 0 Å². The Bertz CT molecular complexity index is 734. The highest BCUT2D eigenvalue weighted by molar-refractivity contribution is 9.10. The number of carbonyl (C=O) groups is 2. The van der Waals surface area contributed by atoms with Crippen LogP contribution in [0.1, 0.15) is 5.56 Å². The van der Waals surface area contributed by atoms with Gasteiger partial charge in [-0.25, -0.2) is 4.79 Å². The lowest BCUT2D eigenvalue weighted by Crippen LogP contribution is -2.56. The van der Waals surface area contributed by atoms with Gasteiger partial charge in [0.1, 0.15) is 0 Å². The number of urea groups is 1. The molecule has 2 aromatic rings. The number of rotatable bonds is 2. The Balaban J connectivity index is 1.97. The summed E-state index contributed by atoms with van der Waals surface area (Å²) in [6.07, 6.45) is 0. The van der Waals surface area contributed by atoms with Gasteiger partial charge in [-0.2, -0.15) is 0 Å². The average Bonchev–Trinajstić information content (AvgIpc) is 2.53. The average molecular weight is 357 g/mol. The number of nitrogens with one attached hydrogen (secondary N) is 2. The summed E-state index contributed by atoms with van der Waals surface area (Å²) in [4.78, 5) is 23.5. The van der Waals surface area contributed by atoms with Crippen molar-refractivity contribution in [2.75, 3.05) is 0 Å². The molecule has 1 aliphatic heterocycles. The minimum absolute atomic E-state index is 0.300. The fourth-order valence-electron chi connectivity index (χ4n) is 2.41. The smallest absolute Gasteiger partial charge is 0.310 e. The Kier molecular flexibility index (Phi) is 3.58. The molecule has 1 fully saturated rings. The van der Waals surface area contributed by atoms with Gasteiger partial charge in [0.2, 0.25) is 0 Å². The first-order chi connectivity index (χ1) is 10.5. The fourth-order valence-corrected chi connectivity index (χ4v) is 2.87. The van der Waals surface area contributed by atoms with E-state index in [1.165, 1.54) is 0 Å². The molecule has 1 unspecified atom stereocenters. The molecule has 0 aromatic heterocycles. The maximum absolute atomic E-state index is 12.2. The Morgan fingerprint density at radius 3 is 2.05 bits per heavy atom. The largest absolute Gasteiger partial charge is 0.325 e. The number of benzene rings is 2. The second kappa shape index (κ2) is 5.42. The van der Waals surface area contributed by atoms with Crippen molar-refractivity contribution >= 4 is 27.9 Å². The minimum Gasteiger partial charge on any atom is -0.310 e. The first-order valence-corrected chi connectivity index (χ1v) is 7.48. The molecule has 2 N–H and O–H groups in total. The summed E-state index contributed by atoms with van der Waals surface area (Å²) in [7, 11) is 0. The number of hydrogen-bond donors (Lipinski definition) is 2. The molecule has 1 heterocycles. The quantitative estimate of drug-likeness (QED) is 0.811. The summed E-state index contributed by atoms with van der Waals surface area (Å²) in [6.45, 7) is 3.79. The van der Waals surface area contributed by atoms with E-state index in [0.717, 1.165) is 11.1 Å². The van der Waals surface area contributed by atoms with Gasteiger partial charge in [0.15, 0.2) is 4.32 Å². The Labute approximate surface area is 136 Å². The maximum atomic E-state index is 12.2. The summed E-state index contributed by atoms with van der Waals surface area (Å²) < 4.78 is -1.16. The van der Waals surface area contributed by atoms with Crippen LogP contribution in [0.15, 0.2) is 66.9 Å². The van der Waals surface area contributed by atoms with Crippen LogP contribution < -0.4 is 10.6 Å². The fraction of sp³-hybridized carbons (Fsp3) is 0.0588. The van der Waals surface area contributed by atoms with E-state index in [0.29, 0.717) is 11.3 Å². The van der Waals surface area contributed by atoms with Gasteiger partial charge < -0.3 is 5.32 Å². The molecule has 0 bridgehead atoms. The summed E-state index contributed by atoms with van der Waals surface area (Å²) in [5, 5.41) is 4.78. The van der Waals surface area contributed by atoms with Gasteiger partial charge in [0.25, 0.3) is 5.91 Å². The standard InChI is InChI=1S/C17H13BrN2O2/c1-11-17(18,15(21)20-16(22)19-11)14-9-7-13(8-10-14)12-5-3-2-4-6-12/h2-10H,1H2,(H2,19,20,21,22). The molecule has 3 rings (SSSR count). The molecule has 0 radical (unpaired) electrons. The molecule has 0 aliphatic carbocycles. The SMILES string of the molecule is C=C1NC(=O)NC(=O)C1(Br)c1ccc(-c2ccccc2)cc1. The molecule has 0 saturated carbocycles. The van der Waals surface area contributed by atoms with Crippen molar-refractivity contribution < 1.29 is 9.59 Å². The van der Waals surface area contributed by atoms with E-state index in [4.69, 9.17) is 0 Å². The van der Waals surface area contributed by atoms with Crippen LogP contribution in [-0.4, -0.2) is 11.9 Å². The molecule has 110 valence electrons. The maximum Gasteiger partial charge on any atom is 0.325 e. The van der Waals surface area contributed by atoms with Crippen LogP contribution in [0.5, 0.6) is 0 Å². The number of hydrogen-bond acceptors (Lipinski definition) is 2. The highest BCUT2D eigenvalue weighted by atomic mass is 79.9. The lowest BCUT2D eigenvalue weighted by Gasteiger charge is -2.33. The molecule has 4 nitrogen and oxygen atoms in total. The van der Waals surface area contributed by atoms with Crippen LogP contribution in [0.2, 0.25) is 0 Å². The third kappa shape index (κ3) is 2.33. The monoisotopic (exact) mass is 356 g/mol. The van der Waals surface area contributed by atoms with E-state index in [1.807, 2.05) is 54.6 Å². The third-order valence-electron chi connectivity index (χ3n) is 3.61. The number of amides is 3. The van der Waals surface area contributed by atoms with E-state index in [1.54, 1.807) is 0 Å². The van der Waals surface area contributed by atoms with Crippen LogP contribution in [0.4, 0.5) is 4.79 Å². The molecule has 0 spiro atoms. The first kappa shape index (κ1) is 14.5. The summed E-state index contributed by atoms with van der Waals surface area (Å²) >= 11 is 3.42. The lowest BCUT2D eigenvalue weighted by atomic mass is 9.92. The number of alkyl halides is 1. The van der Waals surface area contributed by atoms with E-state index in [9.17, 15) is 9.59 Å². The van der Waals surface area contributed by atoms with Crippen molar-refractivity contribution in [2.45, 2.75) is 4.32 Å². The molecule has 1 aliphatic rings. The van der Waals surface area contributed by atoms with Gasteiger partial charge in [-0.1, -0.05) is 77.1 Å². The minimum atomic E-state index is -1.16. The van der Waals surface area contributed by atoms with Crippen LogP contribution in [0.25, 0.3) is 11.1 Å². The van der Waals surface area contributed by atoms with E-state index < -0.39 is 16.3 Å². The molecule has 1 saturated heterocycles. The van der Waals surface area contributed by atoms with Crippen molar-refractivity contribution in [2.24, 2.45) is 0 Å². The van der Waals surface area contributed by atoms with Crippen LogP contribution in [0, 0.1) is 0 Å². The zero-order chi connectivity index (χ0) is 15.7. The van der Waals surface area contributed by atoms with E-state index in [2.05, 4.69) is 33.1 Å². The Morgan fingerprint density at radius 2 is 1.45 bits per heavy atom. The Morgan fingerprint density at radius 1 is 0.864 bits per heavy atom. The normalized spacial score (nSPS) is 21.2. The molecule has 5 heteroatoms. The topological polar surface area (TPSA) is 58.2 Å². The van der Waals surface area contributed by atoms with Gasteiger partial charge in [-0.3, -0.25) is 10.1 Å². The van der Waals surface area contributed by atoms with Crippen LogP contribution in [0.3, 0.4) is 0 Å². The summed E-state index contributed by atoms with van der Waals surface area (Å²) in [6, 6.07) is 16.9. The Hall–Kier alpha value is -2.40. The summed E-state index contributed by atoms with van der Waals surface area (Å²) in [5.74, 6) is -0.450. The first-order valence-electron chi connectivity index (χ1n) is 6.68. The van der Waals surface area contributed by atoms with Crippen LogP contribution >= 0.6 is 15.9 Å². The van der Waals surface area contributed by atoms with Crippen molar-refractivity contribution in [1.82, 2.24) is 10.6 Å². The van der Waals surface area contributed by atoms with Gasteiger partial charge in [-0.05, 0) is 16.7 Å². The van der Waals surface area contributed by atoms with Gasteiger partial charge >= 0.3 is 6.03 Å². The number of imide groups is 1. The van der Waals surface area contributed by atoms with Gasteiger partial charge in [-0.15, -0.1) is 0 Å². The van der Waals surface area contributed by atoms with Crippen molar-refractivity contribution in [3.05, 3.63) is 72.4 Å². The van der Waals surface area contributed by atoms with Gasteiger partial charge in [0.05, 0.1) is 0 Å². The van der Waals surface area contributed by atoms with E-state index >= 15 is 0 Å². The number of halogens is 1. The number of carbonyl (C=O) groups excluding carboxylic acids is 2. The molecule has 2 aromatic carbocycles. The van der Waals surface area contributed by atoms with E-state index in [-0.39, 0.29) is 0 Å². The second-order valence-corrected chi connectivity index (χ2v) is 6.18. The predicted octanol–water partition coefficient (Wildman–Crippen LogP) is 3.30. The highest BCUT2D eigenvalue weighted by Gasteiger charge is 2.45. The molecular formula is C17H13BrN2O2. The third-order valence-corrected chi connectivity index (χ3v) is 4.91. The molecular weight excluding hydrogens is 344 g/mol. The molecule has 3 amide bonds. The van der Waals surface area contributed by atoms with Crippen molar-refractivity contribution in [1.29, 1.82) is 0 Å². The molecule has 1 atom stereocenters. The zero-order valence-corrected chi connectivity index (χ0v) is 13.2. The lowest BCUT2D eigenvalue weighted by molar-refractivity contribution is -0.122. The van der Waals surface area contributed by atoms with Gasteiger partial charge in [0, 0.05) is 5.70 Å². The van der Waals surface area contributed by atoms with Crippen LogP contribution in [-0.2, 0) is 9.12 Å². The second-order valence-electron chi connectivity index (χ2n) is 4.99. The summed E-state index contributed by atoms with van der Waals surface area (Å²) in [5.41, 5.74) is 3.15. The molecule has 22 heavy (non-hydrogen) atoms. The zero-order valence-electron chi connectivity index (χ0n) is 11.6.